The molecule has 0 saturated heterocycles. The Kier molecular flexibility index (Phi) is 4.57. The molecule has 1 atom stereocenters. The summed E-state index contributed by atoms with van der Waals surface area (Å²) < 4.78 is 1.90. The number of benzene rings is 1. The molecule has 7 nitrogen and oxygen atoms in total. The molecule has 122 valence electrons. The Morgan fingerprint density at radius 3 is 2.79 bits per heavy atom. The molecule has 1 unspecified atom stereocenters. The van der Waals surface area contributed by atoms with Gasteiger partial charge in [0, 0.05) is 42.4 Å². The lowest BCUT2D eigenvalue weighted by atomic mass is 10.1. The van der Waals surface area contributed by atoms with Crippen LogP contribution in [0.25, 0.3) is 11.4 Å². The summed E-state index contributed by atoms with van der Waals surface area (Å²) in [5, 5.41) is 20.1. The molecule has 0 aliphatic heterocycles. The van der Waals surface area contributed by atoms with Crippen LogP contribution in [0, 0.1) is 10.1 Å². The number of nitrogens with zero attached hydrogens (tertiary/aromatic N) is 5. The number of hydrogen-bond acceptors (Lipinski definition) is 6. The maximum Gasteiger partial charge on any atom is 0.269 e. The Hall–Kier alpha value is -2.74. The van der Waals surface area contributed by atoms with Gasteiger partial charge in [0.1, 0.15) is 0 Å². The zero-order valence-corrected chi connectivity index (χ0v) is 14.0. The molecule has 1 aromatic carbocycles. The van der Waals surface area contributed by atoms with Crippen molar-refractivity contribution in [2.24, 2.45) is 7.05 Å². The molecule has 0 fully saturated rings. The maximum absolute atomic E-state index is 10.9. The van der Waals surface area contributed by atoms with E-state index in [0.29, 0.717) is 0 Å². The molecule has 0 radical (unpaired) electrons. The molecule has 3 aromatic rings. The van der Waals surface area contributed by atoms with Crippen molar-refractivity contribution >= 4 is 17.4 Å². The van der Waals surface area contributed by atoms with E-state index >= 15 is 0 Å². The van der Waals surface area contributed by atoms with Crippen LogP contribution in [0.3, 0.4) is 0 Å². The smallest absolute Gasteiger partial charge is 0.269 e. The SMILES string of the molecule is CC(Sc1nnc(-c2cccnc2)n1C)c1cccc([N+](=O)[O-])c1. The third kappa shape index (κ3) is 3.28. The van der Waals surface area contributed by atoms with Crippen LogP contribution < -0.4 is 0 Å². The van der Waals surface area contributed by atoms with Gasteiger partial charge in [-0.3, -0.25) is 15.1 Å². The van der Waals surface area contributed by atoms with Crippen molar-refractivity contribution in [1.29, 1.82) is 0 Å². The van der Waals surface area contributed by atoms with E-state index < -0.39 is 0 Å². The lowest BCUT2D eigenvalue weighted by Crippen LogP contribution is -1.97. The maximum atomic E-state index is 10.9. The highest BCUT2D eigenvalue weighted by molar-refractivity contribution is 7.99. The number of aromatic nitrogens is 4. The van der Waals surface area contributed by atoms with Crippen LogP contribution in [0.1, 0.15) is 17.7 Å². The Bertz CT molecular complexity index is 866. The van der Waals surface area contributed by atoms with Crippen LogP contribution in [0.5, 0.6) is 0 Å². The zero-order chi connectivity index (χ0) is 17.1. The average molecular weight is 341 g/mol. The van der Waals surface area contributed by atoms with E-state index in [1.54, 1.807) is 24.5 Å². The standard InChI is InChI=1S/C16H15N5O2S/c1-11(12-5-3-7-14(9-12)21(22)23)24-16-19-18-15(20(16)2)13-6-4-8-17-10-13/h3-11H,1-2H3. The van der Waals surface area contributed by atoms with Gasteiger partial charge in [0.15, 0.2) is 11.0 Å². The average Bonchev–Trinajstić information content (AvgIpc) is 2.96. The molecule has 0 N–H and O–H groups in total. The van der Waals surface area contributed by atoms with Crippen molar-refractivity contribution in [3.05, 3.63) is 64.5 Å². The van der Waals surface area contributed by atoms with Crippen molar-refractivity contribution in [3.8, 4) is 11.4 Å². The minimum absolute atomic E-state index is 0.00884. The summed E-state index contributed by atoms with van der Waals surface area (Å²) in [6, 6.07) is 10.4. The van der Waals surface area contributed by atoms with Gasteiger partial charge in [0.2, 0.25) is 0 Å². The summed E-state index contributed by atoms with van der Waals surface area (Å²) in [7, 11) is 1.89. The second-order valence-electron chi connectivity index (χ2n) is 5.22. The van der Waals surface area contributed by atoms with E-state index in [9.17, 15) is 10.1 Å². The fourth-order valence-electron chi connectivity index (χ4n) is 2.28. The fourth-order valence-corrected chi connectivity index (χ4v) is 3.21. The van der Waals surface area contributed by atoms with Gasteiger partial charge < -0.3 is 4.57 Å². The van der Waals surface area contributed by atoms with E-state index in [0.717, 1.165) is 22.1 Å². The van der Waals surface area contributed by atoms with E-state index in [4.69, 9.17) is 0 Å². The molecule has 0 bridgehead atoms. The first kappa shape index (κ1) is 16.1. The van der Waals surface area contributed by atoms with Crippen molar-refractivity contribution in [2.45, 2.75) is 17.3 Å². The number of rotatable bonds is 5. The van der Waals surface area contributed by atoms with E-state index in [-0.39, 0.29) is 15.9 Å². The first-order valence-corrected chi connectivity index (χ1v) is 8.15. The number of hydrogen-bond donors (Lipinski definition) is 0. The van der Waals surface area contributed by atoms with Gasteiger partial charge in [-0.15, -0.1) is 10.2 Å². The summed E-state index contributed by atoms with van der Waals surface area (Å²) in [6.07, 6.45) is 3.45. The number of pyridine rings is 1. The Morgan fingerprint density at radius 2 is 2.08 bits per heavy atom. The summed E-state index contributed by atoms with van der Waals surface area (Å²) in [4.78, 5) is 14.6. The predicted molar refractivity (Wildman–Crippen MR) is 91.6 cm³/mol. The van der Waals surface area contributed by atoms with Crippen molar-refractivity contribution in [2.75, 3.05) is 0 Å². The highest BCUT2D eigenvalue weighted by Gasteiger charge is 2.17. The van der Waals surface area contributed by atoms with Crippen molar-refractivity contribution in [1.82, 2.24) is 19.7 Å². The van der Waals surface area contributed by atoms with Crippen LogP contribution in [-0.4, -0.2) is 24.7 Å². The molecule has 0 aliphatic carbocycles. The number of nitro groups is 1. The zero-order valence-electron chi connectivity index (χ0n) is 13.2. The summed E-state index contributed by atoms with van der Waals surface area (Å²) in [5.41, 5.74) is 1.86. The second kappa shape index (κ2) is 6.79. The van der Waals surface area contributed by atoms with Crippen LogP contribution in [0.15, 0.2) is 53.9 Å². The van der Waals surface area contributed by atoms with Gasteiger partial charge >= 0.3 is 0 Å². The lowest BCUT2D eigenvalue weighted by Gasteiger charge is -2.11. The van der Waals surface area contributed by atoms with Crippen LogP contribution in [0.4, 0.5) is 5.69 Å². The highest BCUT2D eigenvalue weighted by atomic mass is 32.2. The summed E-state index contributed by atoms with van der Waals surface area (Å²) in [6.45, 7) is 1.99. The topological polar surface area (TPSA) is 86.7 Å². The first-order valence-electron chi connectivity index (χ1n) is 7.27. The lowest BCUT2D eigenvalue weighted by molar-refractivity contribution is -0.384. The monoisotopic (exact) mass is 341 g/mol. The molecule has 0 amide bonds. The highest BCUT2D eigenvalue weighted by Crippen LogP contribution is 2.35. The quantitative estimate of drug-likeness (QED) is 0.400. The fraction of sp³-hybridized carbons (Fsp3) is 0.188. The number of non-ortho nitro benzene ring substituents is 1. The molecule has 0 saturated carbocycles. The van der Waals surface area contributed by atoms with Gasteiger partial charge in [0.25, 0.3) is 5.69 Å². The van der Waals surface area contributed by atoms with Gasteiger partial charge in [-0.25, -0.2) is 0 Å². The minimum Gasteiger partial charge on any atom is -0.305 e. The molecule has 0 spiro atoms. The van der Waals surface area contributed by atoms with Gasteiger partial charge in [-0.05, 0) is 24.6 Å². The van der Waals surface area contributed by atoms with E-state index in [1.165, 1.54) is 17.8 Å². The molecular formula is C16H15N5O2S. The summed E-state index contributed by atoms with van der Waals surface area (Å²) >= 11 is 1.51. The predicted octanol–water partition coefficient (Wildman–Crippen LogP) is 3.64. The minimum atomic E-state index is -0.385. The van der Waals surface area contributed by atoms with Crippen LogP contribution in [-0.2, 0) is 7.05 Å². The Labute approximate surface area is 142 Å². The van der Waals surface area contributed by atoms with Gasteiger partial charge in [-0.1, -0.05) is 23.9 Å². The van der Waals surface area contributed by atoms with E-state index in [1.807, 2.05) is 36.7 Å². The molecular weight excluding hydrogens is 326 g/mol. The van der Waals surface area contributed by atoms with E-state index in [2.05, 4.69) is 15.2 Å². The molecule has 0 aliphatic rings. The Morgan fingerprint density at radius 1 is 1.25 bits per heavy atom. The van der Waals surface area contributed by atoms with Crippen LogP contribution >= 0.6 is 11.8 Å². The van der Waals surface area contributed by atoms with Gasteiger partial charge in [-0.2, -0.15) is 0 Å². The largest absolute Gasteiger partial charge is 0.305 e. The normalized spacial score (nSPS) is 12.1. The molecule has 24 heavy (non-hydrogen) atoms. The molecule has 2 heterocycles. The molecule has 8 heteroatoms. The number of nitro benzene ring substituents is 1. The Balaban J connectivity index is 1.83. The van der Waals surface area contributed by atoms with Crippen molar-refractivity contribution in [3.63, 3.8) is 0 Å². The van der Waals surface area contributed by atoms with Crippen molar-refractivity contribution < 1.29 is 4.92 Å². The van der Waals surface area contributed by atoms with Gasteiger partial charge in [0.05, 0.1) is 4.92 Å². The number of thioether (sulfide) groups is 1. The third-order valence-electron chi connectivity index (χ3n) is 3.59. The van der Waals surface area contributed by atoms with Crippen LogP contribution in [0.2, 0.25) is 0 Å². The first-order chi connectivity index (χ1) is 11.6. The second-order valence-corrected chi connectivity index (χ2v) is 6.53. The molecule has 3 rings (SSSR count). The summed E-state index contributed by atoms with van der Waals surface area (Å²) in [5.74, 6) is 0.733. The molecule has 2 aromatic heterocycles. The third-order valence-corrected chi connectivity index (χ3v) is 4.78.